The van der Waals surface area contributed by atoms with Gasteiger partial charge in [-0.15, -0.1) is 6.58 Å². The van der Waals surface area contributed by atoms with Crippen molar-refractivity contribution in [3.8, 4) is 0 Å². The summed E-state index contributed by atoms with van der Waals surface area (Å²) in [5.74, 6) is 0.203. The van der Waals surface area contributed by atoms with E-state index in [0.29, 0.717) is 6.04 Å². The van der Waals surface area contributed by atoms with Gasteiger partial charge >= 0.3 is 0 Å². The minimum Gasteiger partial charge on any atom is -0.343 e. The summed E-state index contributed by atoms with van der Waals surface area (Å²) in [5.41, 5.74) is 0. The van der Waals surface area contributed by atoms with Crippen LogP contribution in [0.2, 0.25) is 0 Å². The molecule has 3 heteroatoms. The van der Waals surface area contributed by atoms with E-state index in [-0.39, 0.29) is 5.91 Å². The number of hydrogen-bond acceptors (Lipinski definition) is 2. The SMILES string of the molecule is C=CCCNC1CCN(C(C)=O)CC1. The van der Waals surface area contributed by atoms with E-state index in [1.165, 1.54) is 0 Å². The first-order valence-electron chi connectivity index (χ1n) is 5.34. The normalized spacial score (nSPS) is 18.2. The van der Waals surface area contributed by atoms with Crippen LogP contribution in [0.1, 0.15) is 26.2 Å². The van der Waals surface area contributed by atoms with E-state index in [1.54, 1.807) is 6.92 Å². The molecular formula is C11H20N2O. The number of rotatable bonds is 4. The maximum absolute atomic E-state index is 11.1. The Labute approximate surface area is 86.2 Å². The molecule has 14 heavy (non-hydrogen) atoms. The van der Waals surface area contributed by atoms with E-state index >= 15 is 0 Å². The van der Waals surface area contributed by atoms with Gasteiger partial charge < -0.3 is 10.2 Å². The second-order valence-electron chi connectivity index (χ2n) is 3.81. The van der Waals surface area contributed by atoms with Crippen molar-refractivity contribution in [1.82, 2.24) is 10.2 Å². The van der Waals surface area contributed by atoms with Crippen LogP contribution in [0.25, 0.3) is 0 Å². The second kappa shape index (κ2) is 5.81. The van der Waals surface area contributed by atoms with Crippen molar-refractivity contribution < 1.29 is 4.79 Å². The molecule has 0 atom stereocenters. The van der Waals surface area contributed by atoms with Crippen molar-refractivity contribution in [2.75, 3.05) is 19.6 Å². The van der Waals surface area contributed by atoms with Crippen molar-refractivity contribution >= 4 is 5.91 Å². The molecule has 0 aromatic rings. The van der Waals surface area contributed by atoms with Crippen molar-refractivity contribution in [3.63, 3.8) is 0 Å². The predicted octanol–water partition coefficient (Wildman–Crippen LogP) is 1.16. The van der Waals surface area contributed by atoms with Crippen LogP contribution in [0.5, 0.6) is 0 Å². The van der Waals surface area contributed by atoms with Crippen LogP contribution in [0.15, 0.2) is 12.7 Å². The highest BCUT2D eigenvalue weighted by Crippen LogP contribution is 2.10. The third kappa shape index (κ3) is 3.50. The van der Waals surface area contributed by atoms with Gasteiger partial charge in [0.05, 0.1) is 0 Å². The van der Waals surface area contributed by atoms with Gasteiger partial charge in [-0.25, -0.2) is 0 Å². The number of hydrogen-bond donors (Lipinski definition) is 1. The fraction of sp³-hybridized carbons (Fsp3) is 0.727. The summed E-state index contributed by atoms with van der Waals surface area (Å²) in [6.45, 7) is 8.15. The van der Waals surface area contributed by atoms with Crippen molar-refractivity contribution in [3.05, 3.63) is 12.7 Å². The van der Waals surface area contributed by atoms with Crippen LogP contribution in [0.3, 0.4) is 0 Å². The second-order valence-corrected chi connectivity index (χ2v) is 3.81. The van der Waals surface area contributed by atoms with E-state index in [0.717, 1.165) is 38.9 Å². The topological polar surface area (TPSA) is 32.3 Å². The molecule has 1 rings (SSSR count). The average Bonchev–Trinajstić information content (AvgIpc) is 2.19. The number of piperidine rings is 1. The standard InChI is InChI=1S/C11H20N2O/c1-3-4-7-12-11-5-8-13(9-6-11)10(2)14/h3,11-12H,1,4-9H2,2H3. The van der Waals surface area contributed by atoms with Gasteiger partial charge in [0.25, 0.3) is 0 Å². The van der Waals surface area contributed by atoms with E-state index < -0.39 is 0 Å². The number of nitrogens with one attached hydrogen (secondary N) is 1. The van der Waals surface area contributed by atoms with Gasteiger partial charge in [-0.3, -0.25) is 4.79 Å². The number of carbonyl (C=O) groups is 1. The summed E-state index contributed by atoms with van der Waals surface area (Å²) in [4.78, 5) is 13.0. The molecule has 1 N–H and O–H groups in total. The molecule has 3 nitrogen and oxygen atoms in total. The molecule has 1 aliphatic heterocycles. The Kier molecular flexibility index (Phi) is 4.66. The highest BCUT2D eigenvalue weighted by atomic mass is 16.2. The summed E-state index contributed by atoms with van der Waals surface area (Å²) >= 11 is 0. The predicted molar refractivity (Wildman–Crippen MR) is 58.1 cm³/mol. The first-order chi connectivity index (χ1) is 6.74. The molecule has 1 amide bonds. The fourth-order valence-electron chi connectivity index (χ4n) is 1.79. The van der Waals surface area contributed by atoms with E-state index in [1.807, 2.05) is 11.0 Å². The molecule has 80 valence electrons. The molecule has 1 aliphatic rings. The lowest BCUT2D eigenvalue weighted by Crippen LogP contribution is -2.44. The summed E-state index contributed by atoms with van der Waals surface area (Å²) in [6.07, 6.45) is 5.11. The minimum atomic E-state index is 0.203. The molecule has 0 radical (unpaired) electrons. The Morgan fingerprint density at radius 1 is 1.57 bits per heavy atom. The molecule has 0 aromatic heterocycles. The Hall–Kier alpha value is -0.830. The lowest BCUT2D eigenvalue weighted by molar-refractivity contribution is -0.129. The van der Waals surface area contributed by atoms with E-state index in [4.69, 9.17) is 0 Å². The number of amides is 1. The van der Waals surface area contributed by atoms with Gasteiger partial charge in [-0.05, 0) is 25.8 Å². The molecule has 0 spiro atoms. The fourth-order valence-corrected chi connectivity index (χ4v) is 1.79. The summed E-state index contributed by atoms with van der Waals surface area (Å²) < 4.78 is 0. The first-order valence-corrected chi connectivity index (χ1v) is 5.34. The Balaban J connectivity index is 2.15. The van der Waals surface area contributed by atoms with E-state index in [2.05, 4.69) is 11.9 Å². The quantitative estimate of drug-likeness (QED) is 0.540. The molecule has 1 heterocycles. The molecular weight excluding hydrogens is 176 g/mol. The Morgan fingerprint density at radius 2 is 2.21 bits per heavy atom. The zero-order chi connectivity index (χ0) is 10.4. The van der Waals surface area contributed by atoms with Gasteiger partial charge in [0.1, 0.15) is 0 Å². The smallest absolute Gasteiger partial charge is 0.219 e. The Morgan fingerprint density at radius 3 is 2.71 bits per heavy atom. The molecule has 0 aliphatic carbocycles. The maximum Gasteiger partial charge on any atom is 0.219 e. The summed E-state index contributed by atoms with van der Waals surface area (Å²) in [6, 6.07) is 0.588. The molecule has 0 aromatic carbocycles. The largest absolute Gasteiger partial charge is 0.343 e. The van der Waals surface area contributed by atoms with Gasteiger partial charge in [0.2, 0.25) is 5.91 Å². The molecule has 0 unspecified atom stereocenters. The van der Waals surface area contributed by atoms with Crippen LogP contribution < -0.4 is 5.32 Å². The third-order valence-electron chi connectivity index (χ3n) is 2.72. The van der Waals surface area contributed by atoms with E-state index in [9.17, 15) is 4.79 Å². The van der Waals surface area contributed by atoms with Crippen LogP contribution in [-0.2, 0) is 4.79 Å². The summed E-state index contributed by atoms with van der Waals surface area (Å²) in [7, 11) is 0. The van der Waals surface area contributed by atoms with Crippen LogP contribution in [0, 0.1) is 0 Å². The average molecular weight is 196 g/mol. The van der Waals surface area contributed by atoms with Gasteiger partial charge in [-0.1, -0.05) is 6.08 Å². The summed E-state index contributed by atoms with van der Waals surface area (Å²) in [5, 5.41) is 3.47. The maximum atomic E-state index is 11.1. The highest BCUT2D eigenvalue weighted by Gasteiger charge is 2.19. The molecule has 0 bridgehead atoms. The van der Waals surface area contributed by atoms with Crippen LogP contribution in [0.4, 0.5) is 0 Å². The number of nitrogens with zero attached hydrogens (tertiary/aromatic N) is 1. The lowest BCUT2D eigenvalue weighted by atomic mass is 10.1. The third-order valence-corrected chi connectivity index (χ3v) is 2.72. The lowest BCUT2D eigenvalue weighted by Gasteiger charge is -2.31. The molecule has 0 saturated carbocycles. The number of carbonyl (C=O) groups excluding carboxylic acids is 1. The zero-order valence-corrected chi connectivity index (χ0v) is 8.96. The monoisotopic (exact) mass is 196 g/mol. The van der Waals surface area contributed by atoms with Gasteiger partial charge in [0, 0.05) is 26.1 Å². The molecule has 1 saturated heterocycles. The molecule has 1 fully saturated rings. The van der Waals surface area contributed by atoms with Crippen molar-refractivity contribution in [2.45, 2.75) is 32.2 Å². The zero-order valence-electron chi connectivity index (χ0n) is 8.96. The van der Waals surface area contributed by atoms with Gasteiger partial charge in [0.15, 0.2) is 0 Å². The number of likely N-dealkylation sites (tertiary alicyclic amines) is 1. The Bertz CT molecular complexity index is 195. The highest BCUT2D eigenvalue weighted by molar-refractivity contribution is 5.73. The first kappa shape index (κ1) is 11.2. The minimum absolute atomic E-state index is 0.203. The van der Waals surface area contributed by atoms with Crippen molar-refractivity contribution in [1.29, 1.82) is 0 Å². The van der Waals surface area contributed by atoms with Crippen LogP contribution in [-0.4, -0.2) is 36.5 Å². The van der Waals surface area contributed by atoms with Crippen LogP contribution >= 0.6 is 0 Å². The van der Waals surface area contributed by atoms with Crippen molar-refractivity contribution in [2.24, 2.45) is 0 Å². The van der Waals surface area contributed by atoms with Gasteiger partial charge in [-0.2, -0.15) is 0 Å².